The number of rotatable bonds is 4. The Bertz CT molecular complexity index is 823. The molecule has 2 amide bonds. The fourth-order valence-corrected chi connectivity index (χ4v) is 3.05. The Morgan fingerprint density at radius 2 is 2.11 bits per heavy atom. The van der Waals surface area contributed by atoms with E-state index in [1.165, 1.54) is 0 Å². The van der Waals surface area contributed by atoms with Crippen LogP contribution in [0.4, 0.5) is 10.6 Å². The number of hydrogen-bond acceptors (Lipinski definition) is 5. The van der Waals surface area contributed by atoms with Gasteiger partial charge in [-0.1, -0.05) is 6.07 Å². The standard InChI is InChI=1S/C20H25N3O4/c1-20(2)13-23(11-14-8-9-16(26-4)10-17(14)27-20)19(24)22-18-7-5-6-15(21-18)12-25-3/h5-10H,11-13H2,1-4H3,(H,21,22,24). The Morgan fingerprint density at radius 3 is 2.85 bits per heavy atom. The van der Waals surface area contributed by atoms with Crippen molar-refractivity contribution in [2.75, 3.05) is 26.1 Å². The third kappa shape index (κ3) is 4.68. The number of ether oxygens (including phenoxy) is 3. The Balaban J connectivity index is 1.80. The van der Waals surface area contributed by atoms with Crippen LogP contribution >= 0.6 is 0 Å². The van der Waals surface area contributed by atoms with Crippen molar-refractivity contribution in [2.24, 2.45) is 0 Å². The van der Waals surface area contributed by atoms with E-state index in [9.17, 15) is 4.79 Å². The summed E-state index contributed by atoms with van der Waals surface area (Å²) < 4.78 is 16.5. The van der Waals surface area contributed by atoms with Gasteiger partial charge in [0, 0.05) is 18.7 Å². The van der Waals surface area contributed by atoms with E-state index < -0.39 is 5.60 Å². The molecule has 0 bridgehead atoms. The van der Waals surface area contributed by atoms with Gasteiger partial charge in [-0.2, -0.15) is 0 Å². The highest BCUT2D eigenvalue weighted by atomic mass is 16.5. The van der Waals surface area contributed by atoms with E-state index in [0.29, 0.717) is 25.5 Å². The molecular formula is C20H25N3O4. The molecule has 0 spiro atoms. The predicted molar refractivity (Wildman–Crippen MR) is 102 cm³/mol. The van der Waals surface area contributed by atoms with E-state index in [-0.39, 0.29) is 6.03 Å². The van der Waals surface area contributed by atoms with Crippen LogP contribution < -0.4 is 14.8 Å². The van der Waals surface area contributed by atoms with E-state index in [4.69, 9.17) is 14.2 Å². The van der Waals surface area contributed by atoms with Crippen LogP contribution in [0.1, 0.15) is 25.1 Å². The monoisotopic (exact) mass is 371 g/mol. The normalized spacial score (nSPS) is 15.3. The highest BCUT2D eigenvalue weighted by Crippen LogP contribution is 2.32. The molecule has 144 valence electrons. The number of pyridine rings is 1. The van der Waals surface area contributed by atoms with Gasteiger partial charge in [0.2, 0.25) is 0 Å². The van der Waals surface area contributed by atoms with Gasteiger partial charge in [0.05, 0.1) is 32.5 Å². The molecule has 0 radical (unpaired) electrons. The number of hydrogen-bond donors (Lipinski definition) is 1. The summed E-state index contributed by atoms with van der Waals surface area (Å²) >= 11 is 0. The van der Waals surface area contributed by atoms with Gasteiger partial charge >= 0.3 is 6.03 Å². The summed E-state index contributed by atoms with van der Waals surface area (Å²) in [5.74, 6) is 1.95. The number of aromatic nitrogens is 1. The van der Waals surface area contributed by atoms with Crippen LogP contribution in [-0.2, 0) is 17.9 Å². The molecule has 7 heteroatoms. The fourth-order valence-electron chi connectivity index (χ4n) is 3.05. The number of carbonyl (C=O) groups is 1. The van der Waals surface area contributed by atoms with Gasteiger partial charge in [-0.3, -0.25) is 5.32 Å². The van der Waals surface area contributed by atoms with E-state index in [2.05, 4.69) is 10.3 Å². The average molecular weight is 371 g/mol. The molecule has 0 saturated carbocycles. The second kappa shape index (κ2) is 7.84. The largest absolute Gasteiger partial charge is 0.497 e. The maximum Gasteiger partial charge on any atom is 0.323 e. The zero-order chi connectivity index (χ0) is 19.4. The highest BCUT2D eigenvalue weighted by molar-refractivity contribution is 5.88. The molecule has 1 aliphatic rings. The third-order valence-electron chi connectivity index (χ3n) is 4.21. The molecule has 7 nitrogen and oxygen atoms in total. The fraction of sp³-hybridized carbons (Fsp3) is 0.400. The molecule has 27 heavy (non-hydrogen) atoms. The Labute approximate surface area is 159 Å². The second-order valence-corrected chi connectivity index (χ2v) is 7.07. The van der Waals surface area contributed by atoms with Crippen LogP contribution in [0.25, 0.3) is 0 Å². The molecule has 3 rings (SSSR count). The zero-order valence-corrected chi connectivity index (χ0v) is 16.1. The molecule has 1 aromatic heterocycles. The summed E-state index contributed by atoms with van der Waals surface area (Å²) in [6, 6.07) is 10.9. The number of anilines is 1. The van der Waals surface area contributed by atoms with Gasteiger partial charge < -0.3 is 19.1 Å². The molecule has 0 aliphatic carbocycles. The lowest BCUT2D eigenvalue weighted by Gasteiger charge is -2.29. The summed E-state index contributed by atoms with van der Waals surface area (Å²) in [7, 11) is 3.23. The van der Waals surface area contributed by atoms with Crippen LogP contribution in [0, 0.1) is 0 Å². The maximum absolute atomic E-state index is 12.9. The van der Waals surface area contributed by atoms with Gasteiger partial charge in [-0.15, -0.1) is 0 Å². The lowest BCUT2D eigenvalue weighted by molar-refractivity contribution is 0.0833. The first-order valence-electron chi connectivity index (χ1n) is 8.77. The number of methoxy groups -OCH3 is 2. The summed E-state index contributed by atoms with van der Waals surface area (Å²) in [6.45, 7) is 5.18. The van der Waals surface area contributed by atoms with Crippen molar-refractivity contribution >= 4 is 11.8 Å². The van der Waals surface area contributed by atoms with Crippen molar-refractivity contribution < 1.29 is 19.0 Å². The second-order valence-electron chi connectivity index (χ2n) is 7.07. The minimum Gasteiger partial charge on any atom is -0.497 e. The third-order valence-corrected chi connectivity index (χ3v) is 4.21. The van der Waals surface area contributed by atoms with E-state index in [1.807, 2.05) is 44.2 Å². The average Bonchev–Trinajstić information content (AvgIpc) is 2.76. The summed E-state index contributed by atoms with van der Waals surface area (Å²) in [5, 5.41) is 2.87. The molecule has 0 unspecified atom stereocenters. The number of nitrogens with zero attached hydrogens (tertiary/aromatic N) is 2. The van der Waals surface area contributed by atoms with Gasteiger partial charge in [0.1, 0.15) is 22.9 Å². The zero-order valence-electron chi connectivity index (χ0n) is 16.1. The van der Waals surface area contributed by atoms with Crippen LogP contribution in [0.5, 0.6) is 11.5 Å². The van der Waals surface area contributed by atoms with E-state index in [1.54, 1.807) is 25.2 Å². The van der Waals surface area contributed by atoms with Crippen molar-refractivity contribution in [1.82, 2.24) is 9.88 Å². The summed E-state index contributed by atoms with van der Waals surface area (Å²) in [6.07, 6.45) is 0. The number of carbonyl (C=O) groups excluding carboxylic acids is 1. The van der Waals surface area contributed by atoms with Crippen LogP contribution in [0.15, 0.2) is 36.4 Å². The molecule has 1 aliphatic heterocycles. The molecule has 2 aromatic rings. The van der Waals surface area contributed by atoms with Gasteiger partial charge in [-0.25, -0.2) is 9.78 Å². The number of fused-ring (bicyclic) bond motifs is 1. The molecule has 0 fully saturated rings. The quantitative estimate of drug-likeness (QED) is 0.891. The summed E-state index contributed by atoms with van der Waals surface area (Å²) in [4.78, 5) is 19.0. The van der Waals surface area contributed by atoms with Crippen molar-refractivity contribution in [3.05, 3.63) is 47.7 Å². The van der Waals surface area contributed by atoms with Crippen LogP contribution in [-0.4, -0.2) is 42.3 Å². The lowest BCUT2D eigenvalue weighted by atomic mass is 10.1. The number of nitrogens with one attached hydrogen (secondary N) is 1. The maximum atomic E-state index is 12.9. The molecule has 1 aromatic carbocycles. The molecule has 0 saturated heterocycles. The van der Waals surface area contributed by atoms with Crippen molar-refractivity contribution in [3.63, 3.8) is 0 Å². The van der Waals surface area contributed by atoms with Gasteiger partial charge in [0.25, 0.3) is 0 Å². The minimum atomic E-state index is -0.541. The lowest BCUT2D eigenvalue weighted by Crippen LogP contribution is -2.44. The smallest absolute Gasteiger partial charge is 0.323 e. The SMILES string of the molecule is COCc1cccc(NC(=O)N2Cc3ccc(OC)cc3OC(C)(C)C2)n1. The highest BCUT2D eigenvalue weighted by Gasteiger charge is 2.32. The van der Waals surface area contributed by atoms with Crippen LogP contribution in [0.2, 0.25) is 0 Å². The Morgan fingerprint density at radius 1 is 1.30 bits per heavy atom. The Hall–Kier alpha value is -2.80. The van der Waals surface area contributed by atoms with Gasteiger partial charge in [-0.05, 0) is 38.1 Å². The van der Waals surface area contributed by atoms with Crippen molar-refractivity contribution in [1.29, 1.82) is 0 Å². The molecular weight excluding hydrogens is 346 g/mol. The molecule has 0 atom stereocenters. The molecule has 2 heterocycles. The summed E-state index contributed by atoms with van der Waals surface area (Å²) in [5.41, 5.74) is 1.14. The van der Waals surface area contributed by atoms with Gasteiger partial charge in [0.15, 0.2) is 0 Å². The number of amides is 2. The van der Waals surface area contributed by atoms with Crippen molar-refractivity contribution in [3.8, 4) is 11.5 Å². The number of benzene rings is 1. The predicted octanol–water partition coefficient (Wildman–Crippen LogP) is 3.44. The van der Waals surface area contributed by atoms with E-state index >= 15 is 0 Å². The first kappa shape index (κ1) is 19.0. The van der Waals surface area contributed by atoms with E-state index in [0.717, 1.165) is 22.8 Å². The van der Waals surface area contributed by atoms with Crippen LogP contribution in [0.3, 0.4) is 0 Å². The molecule has 1 N–H and O–H groups in total. The van der Waals surface area contributed by atoms with Crippen molar-refractivity contribution in [2.45, 2.75) is 32.6 Å². The number of urea groups is 1. The first-order valence-corrected chi connectivity index (χ1v) is 8.77. The topological polar surface area (TPSA) is 72.9 Å². The minimum absolute atomic E-state index is 0.225. The first-order chi connectivity index (χ1) is 12.9. The Kier molecular flexibility index (Phi) is 5.51.